The molecule has 3 aliphatic carbocycles. The third kappa shape index (κ3) is 0.452. The second kappa shape index (κ2) is 1.12. The minimum atomic E-state index is 1.04. The van der Waals surface area contributed by atoms with Gasteiger partial charge in [0.1, 0.15) is 0 Å². The van der Waals surface area contributed by atoms with Crippen LogP contribution in [0.4, 0.5) is 0 Å². The molecule has 0 aromatic rings. The van der Waals surface area contributed by atoms with Crippen LogP contribution in [0.5, 0.6) is 0 Å². The van der Waals surface area contributed by atoms with Crippen molar-refractivity contribution < 1.29 is 0 Å². The van der Waals surface area contributed by atoms with Crippen LogP contribution in [0.15, 0.2) is 11.6 Å². The molecule has 2 saturated carbocycles. The highest BCUT2D eigenvalue weighted by atomic mass is 14.6. The molecule has 0 amide bonds. The molecule has 48 valence electrons. The largest absolute Gasteiger partial charge is 0.0816 e. The molecule has 4 atom stereocenters. The molecule has 0 saturated heterocycles. The van der Waals surface area contributed by atoms with E-state index in [4.69, 9.17) is 0 Å². The van der Waals surface area contributed by atoms with Crippen LogP contribution in [-0.2, 0) is 0 Å². The Morgan fingerprint density at radius 1 is 1.56 bits per heavy atom. The monoisotopic (exact) mass is 120 g/mol. The van der Waals surface area contributed by atoms with Crippen LogP contribution >= 0.6 is 0 Å². The third-order valence-electron chi connectivity index (χ3n) is 3.40. The van der Waals surface area contributed by atoms with E-state index in [-0.39, 0.29) is 0 Å². The van der Waals surface area contributed by atoms with E-state index in [0.29, 0.717) is 0 Å². The van der Waals surface area contributed by atoms with Gasteiger partial charge in [0.05, 0.1) is 0 Å². The Morgan fingerprint density at radius 2 is 2.44 bits per heavy atom. The van der Waals surface area contributed by atoms with Crippen molar-refractivity contribution in [2.45, 2.75) is 19.8 Å². The van der Waals surface area contributed by atoms with Crippen LogP contribution in [0.2, 0.25) is 0 Å². The van der Waals surface area contributed by atoms with Gasteiger partial charge in [-0.25, -0.2) is 0 Å². The highest BCUT2D eigenvalue weighted by molar-refractivity contribution is 5.32. The van der Waals surface area contributed by atoms with Crippen LogP contribution in [0.25, 0.3) is 0 Å². The van der Waals surface area contributed by atoms with Crippen LogP contribution in [0.3, 0.4) is 0 Å². The van der Waals surface area contributed by atoms with Gasteiger partial charge >= 0.3 is 0 Å². The second-order valence-corrected chi connectivity index (χ2v) is 3.97. The summed E-state index contributed by atoms with van der Waals surface area (Å²) in [4.78, 5) is 0. The van der Waals surface area contributed by atoms with Gasteiger partial charge < -0.3 is 0 Å². The van der Waals surface area contributed by atoms with Crippen molar-refractivity contribution >= 4 is 0 Å². The molecular weight excluding hydrogens is 108 g/mol. The zero-order valence-electron chi connectivity index (χ0n) is 5.80. The van der Waals surface area contributed by atoms with Crippen LogP contribution < -0.4 is 0 Å². The van der Waals surface area contributed by atoms with Gasteiger partial charge in [0, 0.05) is 0 Å². The van der Waals surface area contributed by atoms with Gasteiger partial charge in [0.15, 0.2) is 0 Å². The van der Waals surface area contributed by atoms with E-state index >= 15 is 0 Å². The molecule has 4 unspecified atom stereocenters. The standard InChI is InChI=1S/C9H12/c1-5-8-3-6(8)2-7-4-9(5)7/h2,5-6,8-9H,3-4H2,1H3. The molecule has 0 heterocycles. The summed E-state index contributed by atoms with van der Waals surface area (Å²) in [6.45, 7) is 2.44. The summed E-state index contributed by atoms with van der Waals surface area (Å²) in [5.74, 6) is 4.25. The van der Waals surface area contributed by atoms with Gasteiger partial charge in [-0.1, -0.05) is 18.6 Å². The van der Waals surface area contributed by atoms with Crippen LogP contribution in [0, 0.1) is 23.7 Å². The molecule has 0 aromatic heterocycles. The lowest BCUT2D eigenvalue weighted by atomic mass is 9.95. The summed E-state index contributed by atoms with van der Waals surface area (Å²) < 4.78 is 0. The fourth-order valence-corrected chi connectivity index (χ4v) is 2.52. The number of rotatable bonds is 0. The zero-order chi connectivity index (χ0) is 6.01. The minimum Gasteiger partial charge on any atom is -0.0816 e. The normalized spacial score (nSPS) is 59.4. The lowest BCUT2D eigenvalue weighted by molar-refractivity contribution is 0.436. The first-order valence-electron chi connectivity index (χ1n) is 4.07. The van der Waals surface area contributed by atoms with Crippen molar-refractivity contribution in [1.29, 1.82) is 0 Å². The summed E-state index contributed by atoms with van der Waals surface area (Å²) >= 11 is 0. The Bertz CT molecular complexity index is 190. The van der Waals surface area contributed by atoms with E-state index in [0.717, 1.165) is 23.7 Å². The first-order valence-corrected chi connectivity index (χ1v) is 4.07. The van der Waals surface area contributed by atoms with E-state index in [1.54, 1.807) is 5.57 Å². The Balaban J connectivity index is 2.02. The maximum atomic E-state index is 2.55. The predicted octanol–water partition coefficient (Wildman–Crippen LogP) is 2.22. The summed E-state index contributed by atoms with van der Waals surface area (Å²) in [5.41, 5.74) is 1.79. The maximum absolute atomic E-state index is 2.55. The molecule has 2 fully saturated rings. The smallest absolute Gasteiger partial charge is 0.0137 e. The number of hydrogen-bond acceptors (Lipinski definition) is 0. The van der Waals surface area contributed by atoms with Gasteiger partial charge in [-0.15, -0.1) is 0 Å². The lowest BCUT2D eigenvalue weighted by Gasteiger charge is -2.10. The molecule has 0 aromatic carbocycles. The molecule has 0 N–H and O–H groups in total. The summed E-state index contributed by atoms with van der Waals surface area (Å²) in [5, 5.41) is 0. The lowest BCUT2D eigenvalue weighted by Crippen LogP contribution is -2.03. The molecule has 9 heavy (non-hydrogen) atoms. The molecule has 0 radical (unpaired) electrons. The van der Waals surface area contributed by atoms with Gasteiger partial charge in [0.2, 0.25) is 0 Å². The van der Waals surface area contributed by atoms with Crippen LogP contribution in [-0.4, -0.2) is 0 Å². The van der Waals surface area contributed by atoms with Crippen molar-refractivity contribution in [1.82, 2.24) is 0 Å². The SMILES string of the molecule is CC1C2CC2=CC2CC21. The fraction of sp³-hybridized carbons (Fsp3) is 0.778. The van der Waals surface area contributed by atoms with Gasteiger partial charge in [0.25, 0.3) is 0 Å². The fourth-order valence-electron chi connectivity index (χ4n) is 2.52. The number of fused-ring (bicyclic) bond motifs is 2. The van der Waals surface area contributed by atoms with Gasteiger partial charge in [-0.05, 0) is 36.5 Å². The van der Waals surface area contributed by atoms with Crippen molar-refractivity contribution in [3.8, 4) is 0 Å². The minimum absolute atomic E-state index is 1.04. The Hall–Kier alpha value is -0.260. The average Bonchev–Trinajstić information content (AvgIpc) is 2.57. The van der Waals surface area contributed by atoms with Crippen molar-refractivity contribution in [2.24, 2.45) is 23.7 Å². The van der Waals surface area contributed by atoms with E-state index in [9.17, 15) is 0 Å². The van der Waals surface area contributed by atoms with Crippen molar-refractivity contribution in [3.63, 3.8) is 0 Å². The van der Waals surface area contributed by atoms with Crippen molar-refractivity contribution in [2.75, 3.05) is 0 Å². The summed E-state index contributed by atoms with van der Waals surface area (Å²) in [6.07, 6.45) is 5.52. The Kier molecular flexibility index (Phi) is 0.564. The van der Waals surface area contributed by atoms with Crippen molar-refractivity contribution in [3.05, 3.63) is 11.6 Å². The molecule has 0 bridgehead atoms. The molecular formula is C9H12. The quantitative estimate of drug-likeness (QED) is 0.430. The highest BCUT2D eigenvalue weighted by Gasteiger charge is 2.52. The third-order valence-corrected chi connectivity index (χ3v) is 3.40. The summed E-state index contributed by atoms with van der Waals surface area (Å²) in [6, 6.07) is 0. The predicted molar refractivity (Wildman–Crippen MR) is 37.0 cm³/mol. The molecule has 0 spiro atoms. The Morgan fingerprint density at radius 3 is 3.33 bits per heavy atom. The summed E-state index contributed by atoms with van der Waals surface area (Å²) in [7, 11) is 0. The first kappa shape index (κ1) is 4.54. The molecule has 0 aliphatic heterocycles. The molecule has 0 nitrogen and oxygen atoms in total. The van der Waals surface area contributed by atoms with Gasteiger partial charge in [-0.2, -0.15) is 0 Å². The molecule has 0 heteroatoms. The number of allylic oxidation sites excluding steroid dienone is 2. The number of hydrogen-bond donors (Lipinski definition) is 0. The second-order valence-electron chi connectivity index (χ2n) is 3.97. The first-order chi connectivity index (χ1) is 4.36. The van der Waals surface area contributed by atoms with E-state index in [2.05, 4.69) is 13.0 Å². The molecule has 3 rings (SSSR count). The van der Waals surface area contributed by atoms with Crippen LogP contribution in [0.1, 0.15) is 19.8 Å². The van der Waals surface area contributed by atoms with E-state index in [1.807, 2.05) is 0 Å². The Labute approximate surface area is 56.0 Å². The van der Waals surface area contributed by atoms with E-state index in [1.165, 1.54) is 12.8 Å². The average molecular weight is 120 g/mol. The highest BCUT2D eigenvalue weighted by Crippen LogP contribution is 2.61. The van der Waals surface area contributed by atoms with E-state index < -0.39 is 0 Å². The molecule has 3 aliphatic rings. The van der Waals surface area contributed by atoms with Gasteiger partial charge in [-0.3, -0.25) is 0 Å². The zero-order valence-corrected chi connectivity index (χ0v) is 5.80. The maximum Gasteiger partial charge on any atom is -0.0137 e. The topological polar surface area (TPSA) is 0 Å².